The van der Waals surface area contributed by atoms with Crippen molar-refractivity contribution >= 4 is 45.0 Å². The Hall–Kier alpha value is -3.80. The Labute approximate surface area is 207 Å². The molecule has 0 aliphatic carbocycles. The first-order valence-electron chi connectivity index (χ1n) is 10.2. The van der Waals surface area contributed by atoms with E-state index in [1.807, 2.05) is 0 Å². The normalized spacial score (nSPS) is 11.5. The quantitative estimate of drug-likeness (QED) is 0.302. The van der Waals surface area contributed by atoms with Gasteiger partial charge >= 0.3 is 0 Å². The number of rotatable bonds is 8. The number of nitrogens with zero attached hydrogens (tertiary/aromatic N) is 2. The highest BCUT2D eigenvalue weighted by atomic mass is 32.2. The van der Waals surface area contributed by atoms with Gasteiger partial charge in [0.1, 0.15) is 5.82 Å². The van der Waals surface area contributed by atoms with Gasteiger partial charge in [0.05, 0.1) is 36.9 Å². The smallest absolute Gasteiger partial charge is 0.266 e. The summed E-state index contributed by atoms with van der Waals surface area (Å²) in [5.74, 6) is -0.0591. The third-order valence-corrected chi connectivity index (χ3v) is 6.47. The molecular weight excluding hydrogens is 493 g/mol. The third-order valence-electron chi connectivity index (χ3n) is 4.99. The molecular formula is C24H20FN3O5S2. The number of carbonyl (C=O) groups excluding carboxylic acids is 1. The standard InChI is InChI=1S/C24H20FN3O5S2/c1-32-21-12-11-17(13-22(21)33-2)28(35(30)31)20-6-4-3-5-18(20)23(29)27-24-26-19(14-34-24)15-7-9-16(25)10-8-15/h3-14H,1-2H3,(H,30,31)(H,26,27,29). The second kappa shape index (κ2) is 10.6. The van der Waals surface area contributed by atoms with E-state index < -0.39 is 17.2 Å². The number of ether oxygens (including phenoxy) is 2. The average molecular weight is 514 g/mol. The Morgan fingerprint density at radius 3 is 2.46 bits per heavy atom. The van der Waals surface area contributed by atoms with Gasteiger partial charge < -0.3 is 9.47 Å². The maximum absolute atomic E-state index is 13.2. The molecule has 1 atom stereocenters. The van der Waals surface area contributed by atoms with E-state index in [9.17, 15) is 17.9 Å². The molecule has 0 fully saturated rings. The lowest BCUT2D eigenvalue weighted by Crippen LogP contribution is -2.23. The molecule has 0 aliphatic heterocycles. The van der Waals surface area contributed by atoms with Crippen LogP contribution in [0.2, 0.25) is 0 Å². The van der Waals surface area contributed by atoms with E-state index in [-0.39, 0.29) is 17.1 Å². The van der Waals surface area contributed by atoms with Crippen molar-refractivity contribution in [2.24, 2.45) is 0 Å². The van der Waals surface area contributed by atoms with Crippen molar-refractivity contribution in [3.63, 3.8) is 0 Å². The highest BCUT2D eigenvalue weighted by Gasteiger charge is 2.23. The van der Waals surface area contributed by atoms with E-state index in [1.165, 1.54) is 43.8 Å². The SMILES string of the molecule is COc1ccc(N(c2ccccc2C(=O)Nc2nc(-c3ccc(F)cc3)cs2)S(=O)O)cc1OC. The second-order valence-corrected chi connectivity index (χ2v) is 8.77. The van der Waals surface area contributed by atoms with Gasteiger partial charge in [0.2, 0.25) is 0 Å². The van der Waals surface area contributed by atoms with Crippen molar-refractivity contribution in [1.29, 1.82) is 0 Å². The zero-order valence-electron chi connectivity index (χ0n) is 18.6. The van der Waals surface area contributed by atoms with Crippen LogP contribution in [0, 0.1) is 5.82 Å². The van der Waals surface area contributed by atoms with Crippen LogP contribution in [0.4, 0.5) is 20.9 Å². The first-order valence-corrected chi connectivity index (χ1v) is 12.1. The Morgan fingerprint density at radius 2 is 1.77 bits per heavy atom. The van der Waals surface area contributed by atoms with E-state index >= 15 is 0 Å². The minimum atomic E-state index is -2.51. The lowest BCUT2D eigenvalue weighted by molar-refractivity contribution is 0.102. The van der Waals surface area contributed by atoms with Crippen molar-refractivity contribution < 1.29 is 27.4 Å². The second-order valence-electron chi connectivity index (χ2n) is 7.08. The summed E-state index contributed by atoms with van der Waals surface area (Å²) in [6, 6.07) is 17.0. The van der Waals surface area contributed by atoms with Gasteiger partial charge in [-0.05, 0) is 48.5 Å². The van der Waals surface area contributed by atoms with Crippen LogP contribution in [0.25, 0.3) is 11.3 Å². The number of para-hydroxylation sites is 1. The van der Waals surface area contributed by atoms with E-state index in [4.69, 9.17) is 9.47 Å². The number of carbonyl (C=O) groups is 1. The first-order chi connectivity index (χ1) is 16.9. The summed E-state index contributed by atoms with van der Waals surface area (Å²) in [6.07, 6.45) is 0. The molecule has 1 amide bonds. The molecule has 2 N–H and O–H groups in total. The van der Waals surface area contributed by atoms with Crippen LogP contribution in [-0.4, -0.2) is 33.9 Å². The summed E-state index contributed by atoms with van der Waals surface area (Å²) in [4.78, 5) is 17.6. The van der Waals surface area contributed by atoms with Crippen LogP contribution in [-0.2, 0) is 11.3 Å². The number of hydrogen-bond acceptors (Lipinski definition) is 6. The molecule has 0 bridgehead atoms. The monoisotopic (exact) mass is 513 g/mol. The molecule has 0 radical (unpaired) electrons. The van der Waals surface area contributed by atoms with Crippen molar-refractivity contribution in [3.8, 4) is 22.8 Å². The van der Waals surface area contributed by atoms with Crippen molar-refractivity contribution in [3.05, 3.63) is 83.5 Å². The van der Waals surface area contributed by atoms with E-state index in [2.05, 4.69) is 10.3 Å². The molecule has 0 saturated heterocycles. The number of anilines is 3. The van der Waals surface area contributed by atoms with Crippen LogP contribution < -0.4 is 19.1 Å². The summed E-state index contributed by atoms with van der Waals surface area (Å²) in [6.45, 7) is 0. The van der Waals surface area contributed by atoms with Gasteiger partial charge in [0, 0.05) is 17.0 Å². The van der Waals surface area contributed by atoms with Gasteiger partial charge in [-0.25, -0.2) is 17.9 Å². The number of thiazole rings is 1. The predicted octanol–water partition coefficient (Wildman–Crippen LogP) is 5.49. The number of nitrogens with one attached hydrogen (secondary N) is 1. The van der Waals surface area contributed by atoms with E-state index in [0.717, 1.165) is 4.31 Å². The molecule has 8 nitrogen and oxygen atoms in total. The lowest BCUT2D eigenvalue weighted by atomic mass is 10.1. The number of benzene rings is 3. The van der Waals surface area contributed by atoms with Gasteiger partial charge in [-0.2, -0.15) is 0 Å². The number of aromatic nitrogens is 1. The fourth-order valence-electron chi connectivity index (χ4n) is 3.36. The Balaban J connectivity index is 1.64. The highest BCUT2D eigenvalue weighted by molar-refractivity contribution is 7.81. The van der Waals surface area contributed by atoms with E-state index in [0.29, 0.717) is 33.6 Å². The molecule has 0 saturated carbocycles. The topological polar surface area (TPSA) is 101 Å². The minimum absolute atomic E-state index is 0.156. The molecule has 3 aromatic carbocycles. The lowest BCUT2D eigenvalue weighted by Gasteiger charge is -2.23. The van der Waals surface area contributed by atoms with Gasteiger partial charge in [0.25, 0.3) is 17.2 Å². The van der Waals surface area contributed by atoms with Gasteiger partial charge in [-0.1, -0.05) is 12.1 Å². The van der Waals surface area contributed by atoms with E-state index in [1.54, 1.807) is 53.9 Å². The summed E-state index contributed by atoms with van der Waals surface area (Å²) in [5.41, 5.74) is 1.97. The third kappa shape index (κ3) is 5.32. The summed E-state index contributed by atoms with van der Waals surface area (Å²) in [7, 11) is 2.94. The predicted molar refractivity (Wildman–Crippen MR) is 134 cm³/mol. The Bertz CT molecular complexity index is 1380. The van der Waals surface area contributed by atoms with Crippen LogP contribution >= 0.6 is 11.3 Å². The van der Waals surface area contributed by atoms with Crippen LogP contribution in [0.3, 0.4) is 0 Å². The van der Waals surface area contributed by atoms with Gasteiger partial charge in [0.15, 0.2) is 16.6 Å². The van der Waals surface area contributed by atoms with Crippen molar-refractivity contribution in [2.75, 3.05) is 23.8 Å². The highest BCUT2D eigenvalue weighted by Crippen LogP contribution is 2.37. The zero-order valence-corrected chi connectivity index (χ0v) is 20.2. The number of methoxy groups -OCH3 is 2. The Morgan fingerprint density at radius 1 is 1.06 bits per heavy atom. The molecule has 1 unspecified atom stereocenters. The van der Waals surface area contributed by atoms with Crippen LogP contribution in [0.1, 0.15) is 10.4 Å². The van der Waals surface area contributed by atoms with Crippen LogP contribution in [0.15, 0.2) is 72.1 Å². The minimum Gasteiger partial charge on any atom is -0.493 e. The number of amides is 1. The molecule has 4 rings (SSSR count). The fraction of sp³-hybridized carbons (Fsp3) is 0.0833. The molecule has 1 heterocycles. The van der Waals surface area contributed by atoms with Crippen molar-refractivity contribution in [2.45, 2.75) is 0 Å². The molecule has 0 aliphatic rings. The summed E-state index contributed by atoms with van der Waals surface area (Å²) >= 11 is -1.30. The maximum atomic E-state index is 13.2. The summed E-state index contributed by atoms with van der Waals surface area (Å²) < 4.78 is 47.3. The molecule has 180 valence electrons. The van der Waals surface area contributed by atoms with Gasteiger partial charge in [-0.15, -0.1) is 11.3 Å². The molecule has 11 heteroatoms. The maximum Gasteiger partial charge on any atom is 0.266 e. The molecule has 4 aromatic rings. The molecule has 1 aromatic heterocycles. The first kappa shape index (κ1) is 24.3. The van der Waals surface area contributed by atoms with Gasteiger partial charge in [-0.3, -0.25) is 14.7 Å². The average Bonchev–Trinajstić information content (AvgIpc) is 3.33. The molecule has 35 heavy (non-hydrogen) atoms. The largest absolute Gasteiger partial charge is 0.493 e. The van der Waals surface area contributed by atoms with Crippen LogP contribution in [0.5, 0.6) is 11.5 Å². The van der Waals surface area contributed by atoms with Crippen molar-refractivity contribution in [1.82, 2.24) is 4.98 Å². The number of halogens is 1. The summed E-state index contributed by atoms with van der Waals surface area (Å²) in [5, 5.41) is 4.80. The Kier molecular flexibility index (Phi) is 7.39. The fourth-order valence-corrected chi connectivity index (χ4v) is 4.69. The zero-order chi connectivity index (χ0) is 24.9. The molecule has 0 spiro atoms. The number of hydrogen-bond donors (Lipinski definition) is 2.